The minimum atomic E-state index is -4.65. The van der Waals surface area contributed by atoms with E-state index in [-0.39, 0.29) is 11.3 Å². The number of hydrogen-bond acceptors (Lipinski definition) is 4. The maximum atomic E-state index is 12.3. The molecular formula is C9H9F3N2O3. The molecule has 0 aliphatic rings. The van der Waals surface area contributed by atoms with Gasteiger partial charge in [0.1, 0.15) is 6.04 Å². The van der Waals surface area contributed by atoms with E-state index in [1.54, 1.807) is 0 Å². The number of ether oxygens (including phenoxy) is 1. The summed E-state index contributed by atoms with van der Waals surface area (Å²) in [6.07, 6.45) is -4.65. The van der Waals surface area contributed by atoms with Crippen molar-refractivity contribution < 1.29 is 22.8 Å². The summed E-state index contributed by atoms with van der Waals surface area (Å²) in [6, 6.07) is 0.632. The van der Waals surface area contributed by atoms with Gasteiger partial charge in [0.15, 0.2) is 5.75 Å². The van der Waals surface area contributed by atoms with Gasteiger partial charge in [-0.2, -0.15) is 13.2 Å². The summed E-state index contributed by atoms with van der Waals surface area (Å²) < 4.78 is 41.6. The lowest BCUT2D eigenvalue weighted by Crippen LogP contribution is -2.28. The van der Waals surface area contributed by atoms with Crippen LogP contribution in [0.1, 0.15) is 11.6 Å². The van der Waals surface area contributed by atoms with Gasteiger partial charge >= 0.3 is 11.9 Å². The molecule has 0 heterocycles. The minimum absolute atomic E-state index is 0.117. The molecule has 1 atom stereocenters. The largest absolute Gasteiger partial charge is 0.490 e. The molecule has 0 unspecified atom stereocenters. The van der Waals surface area contributed by atoms with E-state index in [0.29, 0.717) is 0 Å². The zero-order chi connectivity index (χ0) is 13.2. The van der Waals surface area contributed by atoms with E-state index in [4.69, 9.17) is 5.73 Å². The van der Waals surface area contributed by atoms with Crippen molar-refractivity contribution in [2.24, 2.45) is 5.73 Å². The molecular weight excluding hydrogens is 241 g/mol. The van der Waals surface area contributed by atoms with Crippen molar-refractivity contribution in [2.75, 3.05) is 7.11 Å². The Labute approximate surface area is 94.1 Å². The molecule has 0 saturated heterocycles. The first kappa shape index (κ1) is 13.2. The van der Waals surface area contributed by atoms with Gasteiger partial charge in [0.2, 0.25) is 0 Å². The maximum absolute atomic E-state index is 12.3. The number of hydrogen-bond donors (Lipinski definition) is 1. The Kier molecular flexibility index (Phi) is 3.56. The SMILES string of the molecule is COc1ccc([C@H](N)C(F)(F)F)cc1[N+](=O)[O-]. The van der Waals surface area contributed by atoms with Crippen molar-refractivity contribution in [1.82, 2.24) is 0 Å². The lowest BCUT2D eigenvalue weighted by atomic mass is 10.1. The highest BCUT2D eigenvalue weighted by atomic mass is 19.4. The molecule has 1 aromatic carbocycles. The van der Waals surface area contributed by atoms with Crippen LogP contribution in [0.25, 0.3) is 0 Å². The monoisotopic (exact) mass is 250 g/mol. The Morgan fingerprint density at radius 2 is 2.06 bits per heavy atom. The predicted molar refractivity (Wildman–Crippen MR) is 52.6 cm³/mol. The first-order valence-corrected chi connectivity index (χ1v) is 4.42. The molecule has 0 aliphatic heterocycles. The van der Waals surface area contributed by atoms with E-state index < -0.39 is 22.8 Å². The smallest absolute Gasteiger partial charge is 0.407 e. The summed E-state index contributed by atoms with van der Waals surface area (Å²) in [6.45, 7) is 0. The second-order valence-electron chi connectivity index (χ2n) is 3.21. The summed E-state index contributed by atoms with van der Waals surface area (Å²) in [5.41, 5.74) is 4.01. The number of rotatable bonds is 3. The lowest BCUT2D eigenvalue weighted by Gasteiger charge is -2.16. The average Bonchev–Trinajstić information content (AvgIpc) is 2.25. The molecule has 0 spiro atoms. The predicted octanol–water partition coefficient (Wildman–Crippen LogP) is 2.17. The molecule has 0 bridgehead atoms. The molecule has 0 fully saturated rings. The zero-order valence-corrected chi connectivity index (χ0v) is 8.69. The molecule has 2 N–H and O–H groups in total. The van der Waals surface area contributed by atoms with Gasteiger partial charge < -0.3 is 10.5 Å². The van der Waals surface area contributed by atoms with Gasteiger partial charge in [0.05, 0.1) is 12.0 Å². The van der Waals surface area contributed by atoms with Crippen LogP contribution >= 0.6 is 0 Å². The highest BCUT2D eigenvalue weighted by Crippen LogP contribution is 2.35. The third kappa shape index (κ3) is 2.84. The molecule has 1 aromatic rings. The molecule has 1 rings (SSSR count). The van der Waals surface area contributed by atoms with Gasteiger partial charge in [0.25, 0.3) is 0 Å². The summed E-state index contributed by atoms with van der Waals surface area (Å²) in [5, 5.41) is 10.6. The van der Waals surface area contributed by atoms with Crippen molar-refractivity contribution in [2.45, 2.75) is 12.2 Å². The topological polar surface area (TPSA) is 78.4 Å². The highest BCUT2D eigenvalue weighted by Gasteiger charge is 2.38. The van der Waals surface area contributed by atoms with Gasteiger partial charge in [-0.25, -0.2) is 0 Å². The van der Waals surface area contributed by atoms with Gasteiger partial charge in [0, 0.05) is 6.07 Å². The fourth-order valence-corrected chi connectivity index (χ4v) is 1.23. The molecule has 0 radical (unpaired) electrons. The Bertz CT molecular complexity index is 434. The van der Waals surface area contributed by atoms with Crippen molar-refractivity contribution in [3.8, 4) is 5.75 Å². The highest BCUT2D eigenvalue weighted by molar-refractivity contribution is 5.49. The second kappa shape index (κ2) is 4.58. The summed E-state index contributed by atoms with van der Waals surface area (Å²) in [5.74, 6) is -0.117. The first-order valence-electron chi connectivity index (χ1n) is 4.42. The van der Waals surface area contributed by atoms with Crippen LogP contribution in [0.4, 0.5) is 18.9 Å². The molecule has 0 saturated carbocycles. The third-order valence-corrected chi connectivity index (χ3v) is 2.11. The zero-order valence-electron chi connectivity index (χ0n) is 8.69. The van der Waals surface area contributed by atoms with Crippen molar-refractivity contribution in [3.63, 3.8) is 0 Å². The fourth-order valence-electron chi connectivity index (χ4n) is 1.23. The molecule has 17 heavy (non-hydrogen) atoms. The van der Waals surface area contributed by atoms with Crippen LogP contribution in [-0.2, 0) is 0 Å². The van der Waals surface area contributed by atoms with Gasteiger partial charge in [-0.15, -0.1) is 0 Å². The number of nitro benzene ring substituents is 1. The van der Waals surface area contributed by atoms with E-state index in [9.17, 15) is 23.3 Å². The quantitative estimate of drug-likeness (QED) is 0.658. The molecule has 0 amide bonds. The first-order chi connectivity index (χ1) is 7.77. The standard InChI is InChI=1S/C9H9F3N2O3/c1-17-7-3-2-5(4-6(7)14(15)16)8(13)9(10,11)12/h2-4,8H,13H2,1H3/t8-/m0/s1. The Morgan fingerprint density at radius 1 is 1.47 bits per heavy atom. The second-order valence-corrected chi connectivity index (χ2v) is 3.21. The van der Waals surface area contributed by atoms with E-state index in [1.165, 1.54) is 7.11 Å². The maximum Gasteiger partial charge on any atom is 0.407 e. The van der Waals surface area contributed by atoms with Gasteiger partial charge in [-0.05, 0) is 11.6 Å². The Morgan fingerprint density at radius 3 is 2.47 bits per heavy atom. The number of nitrogens with zero attached hydrogens (tertiary/aromatic N) is 1. The van der Waals surface area contributed by atoms with E-state index in [2.05, 4.69) is 4.74 Å². The van der Waals surface area contributed by atoms with Crippen molar-refractivity contribution in [1.29, 1.82) is 0 Å². The molecule has 94 valence electrons. The van der Waals surface area contributed by atoms with Crippen LogP contribution in [0.3, 0.4) is 0 Å². The van der Waals surface area contributed by atoms with Gasteiger partial charge in [-0.1, -0.05) is 6.07 Å². The Hall–Kier alpha value is -1.83. The number of nitro groups is 1. The number of benzene rings is 1. The number of halogens is 3. The van der Waals surface area contributed by atoms with E-state index in [0.717, 1.165) is 18.2 Å². The molecule has 8 heteroatoms. The summed E-state index contributed by atoms with van der Waals surface area (Å²) >= 11 is 0. The number of methoxy groups -OCH3 is 1. The van der Waals surface area contributed by atoms with Crippen LogP contribution in [0.15, 0.2) is 18.2 Å². The van der Waals surface area contributed by atoms with Gasteiger partial charge in [-0.3, -0.25) is 10.1 Å². The Balaban J connectivity index is 3.21. The van der Waals surface area contributed by atoms with Crippen LogP contribution in [0, 0.1) is 10.1 Å². The number of alkyl halides is 3. The van der Waals surface area contributed by atoms with E-state index >= 15 is 0 Å². The van der Waals surface area contributed by atoms with Crippen molar-refractivity contribution in [3.05, 3.63) is 33.9 Å². The van der Waals surface area contributed by atoms with Crippen LogP contribution < -0.4 is 10.5 Å². The van der Waals surface area contributed by atoms with Crippen LogP contribution in [-0.4, -0.2) is 18.2 Å². The van der Waals surface area contributed by atoms with Crippen LogP contribution in [0.2, 0.25) is 0 Å². The average molecular weight is 250 g/mol. The lowest BCUT2D eigenvalue weighted by molar-refractivity contribution is -0.385. The fraction of sp³-hybridized carbons (Fsp3) is 0.333. The minimum Gasteiger partial charge on any atom is -0.490 e. The molecule has 0 aromatic heterocycles. The normalized spacial score (nSPS) is 13.2. The van der Waals surface area contributed by atoms with E-state index in [1.807, 2.05) is 0 Å². The summed E-state index contributed by atoms with van der Waals surface area (Å²) in [7, 11) is 1.19. The third-order valence-electron chi connectivity index (χ3n) is 2.11. The number of nitrogens with two attached hydrogens (primary N) is 1. The van der Waals surface area contributed by atoms with Crippen LogP contribution in [0.5, 0.6) is 5.75 Å². The molecule has 0 aliphatic carbocycles. The molecule has 5 nitrogen and oxygen atoms in total. The summed E-state index contributed by atoms with van der Waals surface area (Å²) in [4.78, 5) is 9.78. The van der Waals surface area contributed by atoms with Crippen molar-refractivity contribution >= 4 is 5.69 Å².